The quantitative estimate of drug-likeness (QED) is 0.672. The lowest BCUT2D eigenvalue weighted by Crippen LogP contribution is -2.30. The molecule has 0 aliphatic carbocycles. The van der Waals surface area contributed by atoms with E-state index < -0.39 is 29.7 Å². The van der Waals surface area contributed by atoms with E-state index in [1.54, 1.807) is 12.1 Å². The van der Waals surface area contributed by atoms with Gasteiger partial charge in [0.05, 0.1) is 0 Å². The van der Waals surface area contributed by atoms with Gasteiger partial charge in [-0.2, -0.15) is 0 Å². The fraction of sp³-hybridized carbons (Fsp3) is 0.143. The number of benzene rings is 1. The third kappa shape index (κ3) is 4.97. The van der Waals surface area contributed by atoms with Gasteiger partial charge in [0.2, 0.25) is 0 Å². The average molecular weight is 372 g/mol. The Kier molecular flexibility index (Phi) is 5.78. The Morgan fingerprint density at radius 2 is 1.88 bits per heavy atom. The van der Waals surface area contributed by atoms with E-state index in [2.05, 4.69) is 10.3 Å². The molecule has 8 nitrogen and oxygen atoms in total. The number of hydrogen-bond donors (Lipinski definition) is 3. The summed E-state index contributed by atoms with van der Waals surface area (Å²) in [5.41, 5.74) is -1.32. The Hall–Kier alpha value is -2.58. The lowest BCUT2D eigenvalue weighted by atomic mass is 10.2. The summed E-state index contributed by atoms with van der Waals surface area (Å²) in [7, 11) is 0. The number of halogens is 2. The van der Waals surface area contributed by atoms with Crippen molar-refractivity contribution in [2.75, 3.05) is 6.61 Å². The zero-order valence-electron chi connectivity index (χ0n) is 12.0. The first kappa shape index (κ1) is 17.8. The fourth-order valence-corrected chi connectivity index (χ4v) is 2.17. The summed E-state index contributed by atoms with van der Waals surface area (Å²) in [6.07, 6.45) is 0. The van der Waals surface area contributed by atoms with Crippen LogP contribution in [0.25, 0.3) is 0 Å². The van der Waals surface area contributed by atoms with Gasteiger partial charge in [-0.1, -0.05) is 29.3 Å². The zero-order valence-corrected chi connectivity index (χ0v) is 13.5. The minimum atomic E-state index is -1.00. The molecule has 1 aromatic carbocycles. The van der Waals surface area contributed by atoms with Gasteiger partial charge in [0.1, 0.15) is 5.69 Å². The van der Waals surface area contributed by atoms with E-state index in [1.165, 1.54) is 6.07 Å². The van der Waals surface area contributed by atoms with Gasteiger partial charge in [0.15, 0.2) is 6.61 Å². The molecule has 24 heavy (non-hydrogen) atoms. The molecule has 1 heterocycles. The lowest BCUT2D eigenvalue weighted by Gasteiger charge is -2.08. The standard InChI is InChI=1S/C14H11Cl2N3O5/c15-8-2-1-7(9(16)3-8)5-17-12(21)6-24-13(22)10-4-11(20)19-14(23)18-10/h1-4H,5-6H2,(H,17,21)(H2,18,19,20,23). The lowest BCUT2D eigenvalue weighted by molar-refractivity contribution is -0.124. The molecule has 2 aromatic rings. The van der Waals surface area contributed by atoms with Gasteiger partial charge in [0, 0.05) is 22.7 Å². The van der Waals surface area contributed by atoms with Gasteiger partial charge in [0.25, 0.3) is 11.5 Å². The van der Waals surface area contributed by atoms with Crippen molar-refractivity contribution in [1.82, 2.24) is 15.3 Å². The molecule has 0 unspecified atom stereocenters. The van der Waals surface area contributed by atoms with E-state index >= 15 is 0 Å². The largest absolute Gasteiger partial charge is 0.451 e. The highest BCUT2D eigenvalue weighted by Crippen LogP contribution is 2.20. The van der Waals surface area contributed by atoms with Crippen LogP contribution in [0.2, 0.25) is 10.0 Å². The number of ether oxygens (including phenoxy) is 1. The number of aromatic nitrogens is 2. The van der Waals surface area contributed by atoms with Crippen LogP contribution < -0.4 is 16.6 Å². The van der Waals surface area contributed by atoms with Crippen LogP contribution in [0.15, 0.2) is 33.9 Å². The van der Waals surface area contributed by atoms with E-state index in [1.807, 2.05) is 4.98 Å². The summed E-state index contributed by atoms with van der Waals surface area (Å²) in [5.74, 6) is -1.58. The summed E-state index contributed by atoms with van der Waals surface area (Å²) in [5, 5.41) is 3.36. The van der Waals surface area contributed by atoms with Gasteiger partial charge >= 0.3 is 11.7 Å². The normalized spacial score (nSPS) is 10.2. The molecule has 0 bridgehead atoms. The molecule has 0 aliphatic rings. The second-order valence-corrected chi connectivity index (χ2v) is 5.43. The van der Waals surface area contributed by atoms with E-state index in [0.717, 1.165) is 6.07 Å². The van der Waals surface area contributed by atoms with Crippen molar-refractivity contribution in [3.05, 3.63) is 66.4 Å². The summed E-state index contributed by atoms with van der Waals surface area (Å²) >= 11 is 11.7. The predicted octanol–water partition coefficient (Wildman–Crippen LogP) is 0.843. The monoisotopic (exact) mass is 371 g/mol. The maximum Gasteiger partial charge on any atom is 0.355 e. The Balaban J connectivity index is 1.87. The minimum Gasteiger partial charge on any atom is -0.451 e. The van der Waals surface area contributed by atoms with Crippen LogP contribution in [0.5, 0.6) is 0 Å². The van der Waals surface area contributed by atoms with Crippen molar-refractivity contribution in [3.8, 4) is 0 Å². The molecule has 0 saturated carbocycles. The first-order chi connectivity index (χ1) is 11.3. The summed E-state index contributed by atoms with van der Waals surface area (Å²) in [6, 6.07) is 5.67. The first-order valence-corrected chi connectivity index (χ1v) is 7.32. The van der Waals surface area contributed by atoms with E-state index in [0.29, 0.717) is 15.6 Å². The van der Waals surface area contributed by atoms with Crippen LogP contribution in [0.4, 0.5) is 0 Å². The Labute approximate surface area is 144 Å². The van der Waals surface area contributed by atoms with Crippen molar-refractivity contribution < 1.29 is 14.3 Å². The van der Waals surface area contributed by atoms with Crippen molar-refractivity contribution in [2.24, 2.45) is 0 Å². The number of nitrogens with one attached hydrogen (secondary N) is 3. The van der Waals surface area contributed by atoms with Crippen molar-refractivity contribution in [1.29, 1.82) is 0 Å². The molecule has 0 aliphatic heterocycles. The number of carbonyl (C=O) groups is 2. The minimum absolute atomic E-state index is 0.119. The molecule has 0 radical (unpaired) electrons. The number of rotatable bonds is 5. The van der Waals surface area contributed by atoms with Gasteiger partial charge in [-0.05, 0) is 17.7 Å². The molecule has 1 aromatic heterocycles. The molecular weight excluding hydrogens is 361 g/mol. The van der Waals surface area contributed by atoms with Crippen molar-refractivity contribution >= 4 is 35.1 Å². The number of amides is 1. The molecule has 3 N–H and O–H groups in total. The summed E-state index contributed by atoms with van der Waals surface area (Å²) < 4.78 is 4.71. The maximum atomic E-state index is 11.7. The van der Waals surface area contributed by atoms with Crippen LogP contribution >= 0.6 is 23.2 Å². The van der Waals surface area contributed by atoms with Crippen LogP contribution in [-0.2, 0) is 16.1 Å². The molecule has 0 spiro atoms. The zero-order chi connectivity index (χ0) is 17.7. The third-order valence-electron chi connectivity index (χ3n) is 2.81. The number of hydrogen-bond acceptors (Lipinski definition) is 5. The summed E-state index contributed by atoms with van der Waals surface area (Å²) in [4.78, 5) is 49.5. The van der Waals surface area contributed by atoms with Crippen molar-refractivity contribution in [2.45, 2.75) is 6.54 Å². The maximum absolute atomic E-state index is 11.7. The van der Waals surface area contributed by atoms with E-state index in [9.17, 15) is 19.2 Å². The predicted molar refractivity (Wildman–Crippen MR) is 86.3 cm³/mol. The Morgan fingerprint density at radius 1 is 1.12 bits per heavy atom. The number of aromatic amines is 2. The number of carbonyl (C=O) groups excluding carboxylic acids is 2. The third-order valence-corrected chi connectivity index (χ3v) is 3.39. The van der Waals surface area contributed by atoms with Crippen molar-refractivity contribution in [3.63, 3.8) is 0 Å². The van der Waals surface area contributed by atoms with Crippen LogP contribution in [0, 0.1) is 0 Å². The molecule has 0 fully saturated rings. The average Bonchev–Trinajstić information content (AvgIpc) is 2.50. The molecular formula is C14H11Cl2N3O5. The smallest absolute Gasteiger partial charge is 0.355 e. The van der Waals surface area contributed by atoms with Crippen LogP contribution in [-0.4, -0.2) is 28.5 Å². The van der Waals surface area contributed by atoms with Crippen LogP contribution in [0.1, 0.15) is 16.1 Å². The molecule has 2 rings (SSSR count). The second kappa shape index (κ2) is 7.80. The van der Waals surface area contributed by atoms with Crippen LogP contribution in [0.3, 0.4) is 0 Å². The van der Waals surface area contributed by atoms with E-state index in [4.69, 9.17) is 27.9 Å². The second-order valence-electron chi connectivity index (χ2n) is 4.59. The first-order valence-electron chi connectivity index (χ1n) is 6.56. The number of esters is 1. The molecule has 0 atom stereocenters. The number of H-pyrrole nitrogens is 2. The van der Waals surface area contributed by atoms with E-state index in [-0.39, 0.29) is 12.2 Å². The molecule has 126 valence electrons. The van der Waals surface area contributed by atoms with Gasteiger partial charge in [-0.3, -0.25) is 14.6 Å². The highest BCUT2D eigenvalue weighted by molar-refractivity contribution is 6.35. The van der Waals surface area contributed by atoms with Gasteiger partial charge in [-0.25, -0.2) is 9.59 Å². The molecule has 10 heteroatoms. The Morgan fingerprint density at radius 3 is 2.54 bits per heavy atom. The summed E-state index contributed by atoms with van der Waals surface area (Å²) in [6.45, 7) is -0.465. The van der Waals surface area contributed by atoms with Gasteiger partial charge < -0.3 is 15.0 Å². The SMILES string of the molecule is O=C(COC(=O)c1cc(=O)[nH]c(=O)[nH]1)NCc1ccc(Cl)cc1Cl. The van der Waals surface area contributed by atoms with Gasteiger partial charge in [-0.15, -0.1) is 0 Å². The highest BCUT2D eigenvalue weighted by Gasteiger charge is 2.12. The highest BCUT2D eigenvalue weighted by atomic mass is 35.5. The fourth-order valence-electron chi connectivity index (χ4n) is 1.70. The molecule has 0 saturated heterocycles. The molecule has 1 amide bonds. The Bertz CT molecular complexity index is 862. The topological polar surface area (TPSA) is 121 Å².